The Morgan fingerprint density at radius 3 is 2.38 bits per heavy atom. The van der Waals surface area contributed by atoms with E-state index in [1.807, 2.05) is 52.8 Å². The summed E-state index contributed by atoms with van der Waals surface area (Å²) in [6.07, 6.45) is 0.234. The van der Waals surface area contributed by atoms with Crippen LogP contribution in [0, 0.1) is 5.92 Å². The van der Waals surface area contributed by atoms with Crippen LogP contribution in [-0.4, -0.2) is 62.4 Å². The van der Waals surface area contributed by atoms with Crippen LogP contribution in [0.4, 0.5) is 10.5 Å². The SMILES string of the molecule is CCOC1=N[C@H](CC2CN(C(=O)OC(C)(C)C)c3cccc(OC)c32)C(OCC)=N[C@H]1C(C)C. The average Bonchev–Trinajstić information content (AvgIpc) is 3.13. The Labute approximate surface area is 203 Å². The van der Waals surface area contributed by atoms with Gasteiger partial charge in [-0.25, -0.2) is 14.8 Å². The molecule has 1 aromatic rings. The molecule has 0 aromatic heterocycles. The van der Waals surface area contributed by atoms with Gasteiger partial charge in [-0.15, -0.1) is 0 Å². The standard InChI is InChI=1S/C26H39N3O5/c1-9-32-23-18(27-24(33-10-2)22(28-23)16(3)4)14-17-15-29(25(30)34-26(5,6)7)19-12-11-13-20(31-8)21(17)19/h11-13,16-18,22H,9-10,14-15H2,1-8H3/t17?,18-,22+/m1/s1. The van der Waals surface area contributed by atoms with Gasteiger partial charge in [-0.1, -0.05) is 19.9 Å². The van der Waals surface area contributed by atoms with Crippen LogP contribution in [0.1, 0.15) is 66.4 Å². The molecular weight excluding hydrogens is 434 g/mol. The largest absolute Gasteiger partial charge is 0.496 e. The van der Waals surface area contributed by atoms with E-state index in [-0.39, 0.29) is 30.0 Å². The second-order valence-corrected chi connectivity index (χ2v) is 9.92. The lowest BCUT2D eigenvalue weighted by Gasteiger charge is -2.29. The summed E-state index contributed by atoms with van der Waals surface area (Å²) in [6, 6.07) is 5.28. The Hall–Kier alpha value is -2.77. The molecule has 0 aliphatic carbocycles. The second-order valence-electron chi connectivity index (χ2n) is 9.92. The molecule has 0 bridgehead atoms. The van der Waals surface area contributed by atoms with Crippen molar-refractivity contribution in [3.05, 3.63) is 23.8 Å². The third-order valence-electron chi connectivity index (χ3n) is 5.79. The number of hydrogen-bond donors (Lipinski definition) is 0. The van der Waals surface area contributed by atoms with E-state index in [4.69, 9.17) is 28.9 Å². The normalized spacial score (nSPS) is 22.1. The topological polar surface area (TPSA) is 82.0 Å². The van der Waals surface area contributed by atoms with Gasteiger partial charge in [0.2, 0.25) is 11.8 Å². The summed E-state index contributed by atoms with van der Waals surface area (Å²) < 4.78 is 23.2. The van der Waals surface area contributed by atoms with Crippen LogP contribution in [0.25, 0.3) is 0 Å². The van der Waals surface area contributed by atoms with Crippen molar-refractivity contribution in [2.75, 3.05) is 31.8 Å². The highest BCUT2D eigenvalue weighted by Crippen LogP contribution is 2.45. The first-order chi connectivity index (χ1) is 16.1. The minimum absolute atomic E-state index is 0.0310. The molecule has 2 aliphatic rings. The highest BCUT2D eigenvalue weighted by atomic mass is 16.6. The zero-order chi connectivity index (χ0) is 25.0. The van der Waals surface area contributed by atoms with E-state index >= 15 is 0 Å². The van der Waals surface area contributed by atoms with Crippen molar-refractivity contribution in [3.63, 3.8) is 0 Å². The van der Waals surface area contributed by atoms with E-state index < -0.39 is 5.60 Å². The fourth-order valence-corrected chi connectivity index (χ4v) is 4.42. The second kappa shape index (κ2) is 10.7. The lowest BCUT2D eigenvalue weighted by molar-refractivity contribution is 0.0582. The molecule has 0 spiro atoms. The first kappa shape index (κ1) is 25.8. The average molecular weight is 474 g/mol. The van der Waals surface area contributed by atoms with Gasteiger partial charge < -0.3 is 18.9 Å². The molecule has 1 amide bonds. The van der Waals surface area contributed by atoms with Crippen LogP contribution in [0.3, 0.4) is 0 Å². The summed E-state index contributed by atoms with van der Waals surface area (Å²) in [5, 5.41) is 0. The first-order valence-electron chi connectivity index (χ1n) is 12.2. The Morgan fingerprint density at radius 1 is 1.12 bits per heavy atom. The number of rotatable bonds is 6. The third kappa shape index (κ3) is 5.65. The van der Waals surface area contributed by atoms with Crippen LogP contribution < -0.4 is 9.64 Å². The van der Waals surface area contributed by atoms with E-state index in [1.54, 1.807) is 12.0 Å². The van der Waals surface area contributed by atoms with Crippen molar-refractivity contribution < 1.29 is 23.7 Å². The molecule has 8 nitrogen and oxygen atoms in total. The molecule has 34 heavy (non-hydrogen) atoms. The molecular formula is C26H39N3O5. The number of ether oxygens (including phenoxy) is 4. The molecule has 1 unspecified atom stereocenters. The van der Waals surface area contributed by atoms with Gasteiger partial charge in [-0.2, -0.15) is 0 Å². The number of benzene rings is 1. The molecule has 0 saturated carbocycles. The molecule has 2 aliphatic heterocycles. The fourth-order valence-electron chi connectivity index (χ4n) is 4.42. The number of carbonyl (C=O) groups excluding carboxylic acids is 1. The predicted octanol–water partition coefficient (Wildman–Crippen LogP) is 5.20. The summed E-state index contributed by atoms with van der Waals surface area (Å²) in [5.41, 5.74) is 1.19. The zero-order valence-corrected chi connectivity index (χ0v) is 21.8. The number of anilines is 1. The van der Waals surface area contributed by atoms with Gasteiger partial charge in [0.05, 0.1) is 26.0 Å². The summed E-state index contributed by atoms with van der Waals surface area (Å²) in [5.74, 6) is 2.21. The first-order valence-corrected chi connectivity index (χ1v) is 12.2. The van der Waals surface area contributed by atoms with E-state index in [0.717, 1.165) is 17.0 Å². The van der Waals surface area contributed by atoms with E-state index in [0.29, 0.717) is 38.0 Å². The molecule has 0 fully saturated rings. The maximum absolute atomic E-state index is 13.1. The molecule has 3 atom stereocenters. The van der Waals surface area contributed by atoms with Crippen molar-refractivity contribution >= 4 is 23.6 Å². The van der Waals surface area contributed by atoms with Crippen molar-refractivity contribution in [3.8, 4) is 5.75 Å². The Morgan fingerprint density at radius 2 is 1.79 bits per heavy atom. The number of carbonyl (C=O) groups is 1. The van der Waals surface area contributed by atoms with Crippen molar-refractivity contribution in [2.24, 2.45) is 15.9 Å². The van der Waals surface area contributed by atoms with Crippen LogP contribution >= 0.6 is 0 Å². The number of hydrogen-bond acceptors (Lipinski definition) is 7. The van der Waals surface area contributed by atoms with Crippen LogP contribution in [0.5, 0.6) is 5.75 Å². The monoisotopic (exact) mass is 473 g/mol. The lowest BCUT2D eigenvalue weighted by Crippen LogP contribution is -2.39. The van der Waals surface area contributed by atoms with Crippen molar-refractivity contribution in [1.82, 2.24) is 0 Å². The smallest absolute Gasteiger partial charge is 0.414 e. The zero-order valence-electron chi connectivity index (χ0n) is 21.8. The van der Waals surface area contributed by atoms with Crippen LogP contribution in [-0.2, 0) is 14.2 Å². The molecule has 3 rings (SSSR count). The fraction of sp³-hybridized carbons (Fsp3) is 0.654. The van der Waals surface area contributed by atoms with E-state index in [9.17, 15) is 4.79 Å². The maximum Gasteiger partial charge on any atom is 0.414 e. The lowest BCUT2D eigenvalue weighted by atomic mass is 9.92. The molecule has 0 saturated heterocycles. The highest BCUT2D eigenvalue weighted by Gasteiger charge is 2.40. The molecule has 0 radical (unpaired) electrons. The Bertz CT molecular complexity index is 935. The Balaban J connectivity index is 1.96. The summed E-state index contributed by atoms with van der Waals surface area (Å²) in [7, 11) is 1.65. The maximum atomic E-state index is 13.1. The van der Waals surface area contributed by atoms with E-state index in [2.05, 4.69) is 13.8 Å². The van der Waals surface area contributed by atoms with Gasteiger partial charge >= 0.3 is 6.09 Å². The van der Waals surface area contributed by atoms with Gasteiger partial charge in [0.1, 0.15) is 23.4 Å². The molecule has 2 heterocycles. The number of amides is 1. The molecule has 8 heteroatoms. The minimum Gasteiger partial charge on any atom is -0.496 e. The van der Waals surface area contributed by atoms with E-state index in [1.165, 1.54) is 0 Å². The number of methoxy groups -OCH3 is 1. The number of fused-ring (bicyclic) bond motifs is 1. The van der Waals surface area contributed by atoms with Gasteiger partial charge in [0.25, 0.3) is 0 Å². The molecule has 188 valence electrons. The van der Waals surface area contributed by atoms with Crippen LogP contribution in [0.2, 0.25) is 0 Å². The van der Waals surface area contributed by atoms with Crippen molar-refractivity contribution in [1.29, 1.82) is 0 Å². The van der Waals surface area contributed by atoms with Gasteiger partial charge in [0, 0.05) is 18.0 Å². The molecule has 1 aromatic carbocycles. The number of nitrogens with zero attached hydrogens (tertiary/aromatic N) is 3. The summed E-state index contributed by atoms with van der Waals surface area (Å²) >= 11 is 0. The summed E-state index contributed by atoms with van der Waals surface area (Å²) in [6.45, 7) is 15.2. The Kier molecular flexibility index (Phi) is 8.10. The quantitative estimate of drug-likeness (QED) is 0.567. The highest BCUT2D eigenvalue weighted by molar-refractivity contribution is 5.95. The van der Waals surface area contributed by atoms with Crippen LogP contribution in [0.15, 0.2) is 28.2 Å². The van der Waals surface area contributed by atoms with Gasteiger partial charge in [-0.3, -0.25) is 4.90 Å². The van der Waals surface area contributed by atoms with Gasteiger partial charge in [0.15, 0.2) is 0 Å². The summed E-state index contributed by atoms with van der Waals surface area (Å²) in [4.78, 5) is 24.6. The minimum atomic E-state index is -0.588. The third-order valence-corrected chi connectivity index (χ3v) is 5.79. The van der Waals surface area contributed by atoms with Gasteiger partial charge in [-0.05, 0) is 59.1 Å². The predicted molar refractivity (Wildman–Crippen MR) is 134 cm³/mol. The molecule has 0 N–H and O–H groups in total. The van der Waals surface area contributed by atoms with Crippen molar-refractivity contribution in [2.45, 2.75) is 78.5 Å². The number of aliphatic imine (C=N–C) groups is 2.